The SMILES string of the molecule is Cc1cc(C)n2cc(CN(C(=O)OC(C)(C)C)c3cc(NC[C@H]4CCN(C(=O)O)C[C@@H]4O)nc4c(C5CC5)cnn34)nc2c1. The summed E-state index contributed by atoms with van der Waals surface area (Å²) in [5.41, 5.74) is 4.57. The first-order valence-electron chi connectivity index (χ1n) is 15.1. The molecule has 0 spiro atoms. The van der Waals surface area contributed by atoms with Gasteiger partial charge in [-0.05, 0) is 77.5 Å². The largest absolute Gasteiger partial charge is 0.465 e. The van der Waals surface area contributed by atoms with Crippen LogP contribution < -0.4 is 10.2 Å². The van der Waals surface area contributed by atoms with Crippen LogP contribution in [0.25, 0.3) is 11.3 Å². The Morgan fingerprint density at radius 1 is 1.14 bits per heavy atom. The quantitative estimate of drug-likeness (QED) is 0.275. The number of ether oxygens (including phenoxy) is 1. The molecule has 2 aliphatic rings. The summed E-state index contributed by atoms with van der Waals surface area (Å²) in [6, 6.07) is 5.86. The molecule has 1 aliphatic carbocycles. The molecule has 1 saturated carbocycles. The lowest BCUT2D eigenvalue weighted by Gasteiger charge is -2.34. The molecule has 3 N–H and O–H groups in total. The minimum atomic E-state index is -1.03. The number of hydrogen-bond donors (Lipinski definition) is 3. The molecule has 5 heterocycles. The van der Waals surface area contributed by atoms with E-state index in [0.29, 0.717) is 48.4 Å². The number of aromatic nitrogens is 5. The summed E-state index contributed by atoms with van der Waals surface area (Å²) in [7, 11) is 0. The van der Waals surface area contributed by atoms with E-state index in [1.54, 1.807) is 15.5 Å². The lowest BCUT2D eigenvalue weighted by atomic mass is 9.94. The number of likely N-dealkylation sites (tertiary alicyclic amines) is 1. The first kappa shape index (κ1) is 29.7. The molecule has 44 heavy (non-hydrogen) atoms. The molecule has 2 amide bonds. The van der Waals surface area contributed by atoms with Crippen LogP contribution in [0.1, 0.15) is 68.5 Å². The molecule has 13 heteroatoms. The van der Waals surface area contributed by atoms with Gasteiger partial charge in [0.15, 0.2) is 5.65 Å². The summed E-state index contributed by atoms with van der Waals surface area (Å²) in [5, 5.41) is 28.0. The van der Waals surface area contributed by atoms with Gasteiger partial charge in [0.1, 0.15) is 22.9 Å². The van der Waals surface area contributed by atoms with E-state index in [-0.39, 0.29) is 19.0 Å². The van der Waals surface area contributed by atoms with Gasteiger partial charge in [0.05, 0.1) is 31.1 Å². The van der Waals surface area contributed by atoms with Crippen molar-refractivity contribution in [1.82, 2.24) is 28.9 Å². The van der Waals surface area contributed by atoms with Crippen LogP contribution in [-0.4, -0.2) is 82.6 Å². The monoisotopic (exact) mass is 604 g/mol. The van der Waals surface area contributed by atoms with Gasteiger partial charge in [-0.2, -0.15) is 9.61 Å². The number of β-amino-alcohol motifs (C(OH)–C–C–N with tert-alkyl or cyclic N) is 1. The summed E-state index contributed by atoms with van der Waals surface area (Å²) < 4.78 is 9.58. The standard InChI is InChI=1S/C31H40N8O5/c1-18-10-19(2)37-15-22(34-26(37)11-18)16-38(30(43)44-31(3,4)5)27-12-25(35-28-23(20-6-7-20)14-33-39(27)28)32-13-21-8-9-36(29(41)42)17-24(21)40/h10-12,14-15,20-21,24,40H,6-9,13,16-17H2,1-5H3,(H,32,35)(H,41,42)/t21-,24+/m1/s1. The first-order chi connectivity index (χ1) is 20.9. The second-order valence-electron chi connectivity index (χ2n) is 13.0. The molecular weight excluding hydrogens is 564 g/mol. The molecule has 4 aromatic heterocycles. The van der Waals surface area contributed by atoms with Gasteiger partial charge in [-0.1, -0.05) is 0 Å². The van der Waals surface area contributed by atoms with E-state index >= 15 is 0 Å². The highest BCUT2D eigenvalue weighted by Crippen LogP contribution is 2.42. The molecule has 4 aromatic rings. The molecule has 0 unspecified atom stereocenters. The van der Waals surface area contributed by atoms with Gasteiger partial charge < -0.3 is 29.6 Å². The summed E-state index contributed by atoms with van der Waals surface area (Å²) in [5.74, 6) is 1.21. The van der Waals surface area contributed by atoms with Gasteiger partial charge in [-0.15, -0.1) is 0 Å². The zero-order chi connectivity index (χ0) is 31.3. The number of piperidine rings is 1. The number of nitrogens with one attached hydrogen (secondary N) is 1. The van der Waals surface area contributed by atoms with Crippen LogP contribution >= 0.6 is 0 Å². The van der Waals surface area contributed by atoms with Crippen LogP contribution in [-0.2, 0) is 11.3 Å². The van der Waals surface area contributed by atoms with Crippen LogP contribution in [0.4, 0.5) is 21.2 Å². The van der Waals surface area contributed by atoms with E-state index in [0.717, 1.165) is 35.3 Å². The van der Waals surface area contributed by atoms with E-state index < -0.39 is 23.9 Å². The van der Waals surface area contributed by atoms with Gasteiger partial charge in [-0.3, -0.25) is 4.90 Å². The number of nitrogens with zero attached hydrogens (tertiary/aromatic N) is 7. The van der Waals surface area contributed by atoms with Crippen molar-refractivity contribution in [3.8, 4) is 0 Å². The Morgan fingerprint density at radius 3 is 2.59 bits per heavy atom. The maximum absolute atomic E-state index is 13.8. The highest BCUT2D eigenvalue weighted by Gasteiger charge is 2.33. The molecule has 234 valence electrons. The molecule has 2 atom stereocenters. The average Bonchev–Trinajstić information content (AvgIpc) is 3.55. The first-order valence-corrected chi connectivity index (χ1v) is 15.1. The Hall–Kier alpha value is -4.39. The third-order valence-electron chi connectivity index (χ3n) is 8.20. The van der Waals surface area contributed by atoms with Crippen molar-refractivity contribution in [2.75, 3.05) is 29.9 Å². The molecule has 1 aliphatic heterocycles. The van der Waals surface area contributed by atoms with Crippen molar-refractivity contribution in [3.63, 3.8) is 0 Å². The Kier molecular flexibility index (Phi) is 7.60. The highest BCUT2D eigenvalue weighted by atomic mass is 16.6. The fourth-order valence-corrected chi connectivity index (χ4v) is 5.82. The van der Waals surface area contributed by atoms with Crippen LogP contribution in [0, 0.1) is 19.8 Å². The summed E-state index contributed by atoms with van der Waals surface area (Å²) >= 11 is 0. The number of fused-ring (bicyclic) bond motifs is 2. The van der Waals surface area contributed by atoms with E-state index in [1.807, 2.05) is 57.5 Å². The summed E-state index contributed by atoms with van der Waals surface area (Å²) in [6.07, 6.45) is 4.02. The minimum Gasteiger partial charge on any atom is -0.465 e. The number of carboxylic acid groups (broad SMARTS) is 1. The number of amides is 2. The van der Waals surface area contributed by atoms with Crippen molar-refractivity contribution in [3.05, 3.63) is 53.1 Å². The molecule has 0 aromatic carbocycles. The van der Waals surface area contributed by atoms with Crippen LogP contribution in [0.15, 0.2) is 30.6 Å². The van der Waals surface area contributed by atoms with Crippen LogP contribution in [0.3, 0.4) is 0 Å². The molecule has 0 radical (unpaired) electrons. The number of aliphatic hydroxyl groups is 1. The predicted molar refractivity (Wildman–Crippen MR) is 164 cm³/mol. The van der Waals surface area contributed by atoms with Crippen LogP contribution in [0.2, 0.25) is 0 Å². The Morgan fingerprint density at radius 2 is 1.91 bits per heavy atom. The van der Waals surface area contributed by atoms with Gasteiger partial charge >= 0.3 is 12.2 Å². The van der Waals surface area contributed by atoms with Crippen molar-refractivity contribution in [1.29, 1.82) is 0 Å². The van der Waals surface area contributed by atoms with Gasteiger partial charge in [0.25, 0.3) is 0 Å². The number of pyridine rings is 1. The normalized spacial score (nSPS) is 19.0. The zero-order valence-corrected chi connectivity index (χ0v) is 25.8. The third kappa shape index (κ3) is 6.14. The fraction of sp³-hybridized carbons (Fsp3) is 0.516. The molecule has 6 rings (SSSR count). The van der Waals surface area contributed by atoms with Crippen LogP contribution in [0.5, 0.6) is 0 Å². The maximum atomic E-state index is 13.8. The van der Waals surface area contributed by atoms with E-state index in [2.05, 4.69) is 16.5 Å². The second-order valence-corrected chi connectivity index (χ2v) is 13.0. The van der Waals surface area contributed by atoms with Gasteiger partial charge in [-0.25, -0.2) is 19.6 Å². The lowest BCUT2D eigenvalue weighted by molar-refractivity contribution is 0.0294. The molecule has 13 nitrogen and oxygen atoms in total. The summed E-state index contributed by atoms with van der Waals surface area (Å²) in [6.45, 7) is 10.5. The van der Waals surface area contributed by atoms with E-state index in [9.17, 15) is 19.8 Å². The van der Waals surface area contributed by atoms with Crippen molar-refractivity contribution >= 4 is 35.1 Å². The number of carbonyl (C=O) groups excluding carboxylic acids is 1. The second kappa shape index (κ2) is 11.3. The third-order valence-corrected chi connectivity index (χ3v) is 8.20. The summed E-state index contributed by atoms with van der Waals surface area (Å²) in [4.78, 5) is 37.7. The average molecular weight is 605 g/mol. The van der Waals surface area contributed by atoms with E-state index in [1.165, 1.54) is 4.90 Å². The fourth-order valence-electron chi connectivity index (χ4n) is 5.82. The zero-order valence-electron chi connectivity index (χ0n) is 25.8. The number of anilines is 2. The topological polar surface area (TPSA) is 150 Å². The Labute approximate surface area is 255 Å². The highest BCUT2D eigenvalue weighted by molar-refractivity contribution is 5.88. The molecule has 0 bridgehead atoms. The molecular formula is C31H40N8O5. The number of aliphatic hydroxyl groups excluding tert-OH is 1. The van der Waals surface area contributed by atoms with Crippen molar-refractivity contribution in [2.45, 2.75) is 78.0 Å². The van der Waals surface area contributed by atoms with Crippen molar-refractivity contribution < 1.29 is 24.5 Å². The van der Waals surface area contributed by atoms with Crippen molar-refractivity contribution in [2.24, 2.45) is 5.92 Å². The predicted octanol–water partition coefficient (Wildman–Crippen LogP) is 4.59. The number of aryl methyl sites for hydroxylation is 2. The maximum Gasteiger partial charge on any atom is 0.416 e. The van der Waals surface area contributed by atoms with Gasteiger partial charge in [0.2, 0.25) is 0 Å². The molecule has 1 saturated heterocycles. The Balaban J connectivity index is 1.37. The molecule has 2 fully saturated rings. The Bertz CT molecular complexity index is 1720. The van der Waals surface area contributed by atoms with Gasteiger partial charge in [0, 0.05) is 42.5 Å². The number of imidazole rings is 1. The smallest absolute Gasteiger partial charge is 0.416 e. The minimum absolute atomic E-state index is 0.0677. The number of hydrogen-bond acceptors (Lipinski definition) is 8. The number of rotatable bonds is 7. The lowest BCUT2D eigenvalue weighted by Crippen LogP contribution is -2.47. The number of carbonyl (C=O) groups is 2. The van der Waals surface area contributed by atoms with E-state index in [4.69, 9.17) is 14.7 Å².